The molecule has 20 heavy (non-hydrogen) atoms. The van der Waals surface area contributed by atoms with Gasteiger partial charge in [0.1, 0.15) is 0 Å². The number of amides is 2. The summed E-state index contributed by atoms with van der Waals surface area (Å²) in [7, 11) is 0. The fourth-order valence-corrected chi connectivity index (χ4v) is 1.95. The Hall–Kier alpha value is -1.14. The first-order valence-corrected chi connectivity index (χ1v) is 7.19. The minimum atomic E-state index is -0.557. The summed E-state index contributed by atoms with van der Waals surface area (Å²) < 4.78 is 0. The molecule has 4 N–H and O–H groups in total. The minimum Gasteiger partial charge on any atom is -0.347 e. The number of nitrogens with one attached hydrogen (secondary N) is 4. The molecular formula is C14H28N4O2. The van der Waals surface area contributed by atoms with E-state index < -0.39 is 11.8 Å². The molecule has 1 aliphatic heterocycles. The molecule has 0 saturated carbocycles. The molecule has 6 nitrogen and oxygen atoms in total. The summed E-state index contributed by atoms with van der Waals surface area (Å²) in [4.78, 5) is 23.4. The van der Waals surface area contributed by atoms with Crippen molar-refractivity contribution in [3.05, 3.63) is 0 Å². The van der Waals surface area contributed by atoms with E-state index in [1.165, 1.54) is 0 Å². The standard InChI is InChI=1S/C14H28N4O2/c1-13(2)7-15-5-6-16-8-14(3,4)10-18-12(20)11(19)17-9-13/h15-16H,5-10H2,1-4H3,(H,17,19)(H,18,20). The van der Waals surface area contributed by atoms with E-state index >= 15 is 0 Å². The SMILES string of the molecule is CC1(C)CNCCNCC(C)(C)CNC(=O)C(=O)NC1. The molecule has 1 aliphatic rings. The smallest absolute Gasteiger partial charge is 0.309 e. The van der Waals surface area contributed by atoms with Crippen molar-refractivity contribution in [2.45, 2.75) is 27.7 Å². The molecule has 1 rings (SSSR count). The summed E-state index contributed by atoms with van der Waals surface area (Å²) in [6.07, 6.45) is 0. The first-order chi connectivity index (χ1) is 9.22. The maximum atomic E-state index is 11.7. The van der Waals surface area contributed by atoms with Gasteiger partial charge >= 0.3 is 11.8 Å². The lowest BCUT2D eigenvalue weighted by atomic mass is 9.92. The zero-order valence-electron chi connectivity index (χ0n) is 13.1. The minimum absolute atomic E-state index is 0.0840. The number of rotatable bonds is 0. The van der Waals surface area contributed by atoms with Gasteiger partial charge in [-0.1, -0.05) is 27.7 Å². The second kappa shape index (κ2) is 7.04. The lowest BCUT2D eigenvalue weighted by molar-refractivity contribution is -0.139. The van der Waals surface area contributed by atoms with Crippen LogP contribution in [0.1, 0.15) is 27.7 Å². The van der Waals surface area contributed by atoms with Crippen LogP contribution in [-0.2, 0) is 9.59 Å². The topological polar surface area (TPSA) is 82.3 Å². The molecule has 6 heteroatoms. The molecule has 1 heterocycles. The number of hydrogen-bond acceptors (Lipinski definition) is 4. The zero-order valence-corrected chi connectivity index (χ0v) is 13.1. The van der Waals surface area contributed by atoms with Crippen LogP contribution < -0.4 is 21.3 Å². The lowest BCUT2D eigenvalue weighted by Crippen LogP contribution is -2.49. The van der Waals surface area contributed by atoms with Crippen molar-refractivity contribution in [2.75, 3.05) is 39.3 Å². The van der Waals surface area contributed by atoms with Gasteiger partial charge in [-0.2, -0.15) is 0 Å². The Bertz CT molecular complexity index is 319. The number of carbonyl (C=O) groups is 2. The predicted octanol–water partition coefficient (Wildman–Crippen LogP) is -0.536. The Morgan fingerprint density at radius 3 is 1.40 bits per heavy atom. The highest BCUT2D eigenvalue weighted by Crippen LogP contribution is 2.13. The summed E-state index contributed by atoms with van der Waals surface area (Å²) >= 11 is 0. The van der Waals surface area contributed by atoms with Crippen molar-refractivity contribution in [1.82, 2.24) is 21.3 Å². The molecule has 0 bridgehead atoms. The molecule has 2 amide bonds. The summed E-state index contributed by atoms with van der Waals surface area (Å²) in [5.74, 6) is -1.11. The van der Waals surface area contributed by atoms with Gasteiger partial charge < -0.3 is 21.3 Å². The van der Waals surface area contributed by atoms with Gasteiger partial charge in [0.25, 0.3) is 0 Å². The van der Waals surface area contributed by atoms with Crippen LogP contribution in [0.5, 0.6) is 0 Å². The van der Waals surface area contributed by atoms with E-state index in [1.54, 1.807) is 0 Å². The van der Waals surface area contributed by atoms with E-state index in [1.807, 2.05) is 0 Å². The highest BCUT2D eigenvalue weighted by atomic mass is 16.2. The Labute approximate surface area is 121 Å². The Morgan fingerprint density at radius 2 is 1.05 bits per heavy atom. The second-order valence-corrected chi connectivity index (χ2v) is 7.05. The van der Waals surface area contributed by atoms with E-state index in [0.29, 0.717) is 13.1 Å². The number of hydrogen-bond donors (Lipinski definition) is 4. The maximum absolute atomic E-state index is 11.7. The second-order valence-electron chi connectivity index (χ2n) is 7.05. The third-order valence-corrected chi connectivity index (χ3v) is 3.35. The summed E-state index contributed by atoms with van der Waals surface area (Å²) in [5.41, 5.74) is -0.168. The van der Waals surface area contributed by atoms with E-state index in [2.05, 4.69) is 49.0 Å². The highest BCUT2D eigenvalue weighted by molar-refractivity contribution is 6.35. The van der Waals surface area contributed by atoms with Crippen LogP contribution in [0.2, 0.25) is 0 Å². The normalized spacial score (nSPS) is 25.2. The lowest BCUT2D eigenvalue weighted by Gasteiger charge is -2.28. The van der Waals surface area contributed by atoms with Gasteiger partial charge in [0.15, 0.2) is 0 Å². The van der Waals surface area contributed by atoms with Crippen molar-refractivity contribution < 1.29 is 9.59 Å². The third kappa shape index (κ3) is 6.34. The molecule has 0 atom stereocenters. The molecule has 0 radical (unpaired) electrons. The third-order valence-electron chi connectivity index (χ3n) is 3.35. The summed E-state index contributed by atoms with van der Waals surface area (Å²) in [6.45, 7) is 12.5. The van der Waals surface area contributed by atoms with Crippen LogP contribution in [0.25, 0.3) is 0 Å². The highest BCUT2D eigenvalue weighted by Gasteiger charge is 2.24. The van der Waals surface area contributed by atoms with E-state index in [-0.39, 0.29) is 10.8 Å². The summed E-state index contributed by atoms with van der Waals surface area (Å²) in [5, 5.41) is 12.1. The van der Waals surface area contributed by atoms with Gasteiger partial charge in [-0.05, 0) is 10.8 Å². The molecule has 0 spiro atoms. The Kier molecular flexibility index (Phi) is 5.95. The van der Waals surface area contributed by atoms with Crippen LogP contribution in [0.15, 0.2) is 0 Å². The average Bonchev–Trinajstić information content (AvgIpc) is 2.36. The van der Waals surface area contributed by atoms with E-state index in [4.69, 9.17) is 0 Å². The molecule has 0 aliphatic carbocycles. The van der Waals surface area contributed by atoms with Crippen LogP contribution in [-0.4, -0.2) is 51.1 Å². The summed E-state index contributed by atoms with van der Waals surface area (Å²) in [6, 6.07) is 0. The molecule has 0 aromatic rings. The quantitative estimate of drug-likeness (QED) is 0.451. The molecule has 0 aromatic carbocycles. The fraction of sp³-hybridized carbons (Fsp3) is 0.857. The monoisotopic (exact) mass is 284 g/mol. The van der Waals surface area contributed by atoms with E-state index in [0.717, 1.165) is 26.2 Å². The van der Waals surface area contributed by atoms with Gasteiger partial charge in [-0.3, -0.25) is 9.59 Å². The van der Waals surface area contributed by atoms with Gasteiger partial charge in [0, 0.05) is 39.3 Å². The number of carbonyl (C=O) groups excluding carboxylic acids is 2. The van der Waals surface area contributed by atoms with Gasteiger partial charge in [-0.15, -0.1) is 0 Å². The molecule has 1 saturated heterocycles. The molecule has 0 aromatic heterocycles. The van der Waals surface area contributed by atoms with Crippen LogP contribution in [0.3, 0.4) is 0 Å². The zero-order chi connectivity index (χ0) is 15.2. The Balaban J connectivity index is 2.62. The van der Waals surface area contributed by atoms with Crippen molar-refractivity contribution in [3.8, 4) is 0 Å². The van der Waals surface area contributed by atoms with Crippen LogP contribution in [0.4, 0.5) is 0 Å². The van der Waals surface area contributed by atoms with Gasteiger partial charge in [-0.25, -0.2) is 0 Å². The first kappa shape index (κ1) is 16.9. The molecule has 116 valence electrons. The molecule has 1 fully saturated rings. The maximum Gasteiger partial charge on any atom is 0.309 e. The molecule has 0 unspecified atom stereocenters. The van der Waals surface area contributed by atoms with Gasteiger partial charge in [0.05, 0.1) is 0 Å². The predicted molar refractivity (Wildman–Crippen MR) is 79.3 cm³/mol. The van der Waals surface area contributed by atoms with Crippen molar-refractivity contribution >= 4 is 11.8 Å². The molecular weight excluding hydrogens is 256 g/mol. The van der Waals surface area contributed by atoms with Crippen molar-refractivity contribution in [2.24, 2.45) is 10.8 Å². The Morgan fingerprint density at radius 1 is 0.700 bits per heavy atom. The fourth-order valence-electron chi connectivity index (χ4n) is 1.95. The van der Waals surface area contributed by atoms with Crippen molar-refractivity contribution in [3.63, 3.8) is 0 Å². The average molecular weight is 284 g/mol. The largest absolute Gasteiger partial charge is 0.347 e. The first-order valence-electron chi connectivity index (χ1n) is 7.19. The van der Waals surface area contributed by atoms with Crippen molar-refractivity contribution in [1.29, 1.82) is 0 Å². The van der Waals surface area contributed by atoms with Crippen LogP contribution in [0, 0.1) is 10.8 Å². The van der Waals surface area contributed by atoms with Gasteiger partial charge in [0.2, 0.25) is 0 Å². The van der Waals surface area contributed by atoms with Crippen LogP contribution >= 0.6 is 0 Å². The van der Waals surface area contributed by atoms with E-state index in [9.17, 15) is 9.59 Å².